The highest BCUT2D eigenvalue weighted by Gasteiger charge is 2.20. The molecule has 0 saturated heterocycles. The summed E-state index contributed by atoms with van der Waals surface area (Å²) >= 11 is 0. The molecule has 0 aromatic carbocycles. The maximum atomic E-state index is 8.90. The second kappa shape index (κ2) is 5.58. The highest BCUT2D eigenvalue weighted by molar-refractivity contribution is 4.79. The maximum Gasteiger partial charge on any atom is 0.0607 e. The van der Waals surface area contributed by atoms with E-state index in [4.69, 9.17) is 10.2 Å². The molecule has 0 aliphatic heterocycles. The fourth-order valence-electron chi connectivity index (χ4n) is 2.08. The van der Waals surface area contributed by atoms with E-state index in [1.807, 2.05) is 0 Å². The van der Waals surface area contributed by atoms with Crippen LogP contribution in [0.3, 0.4) is 0 Å². The van der Waals surface area contributed by atoms with Crippen LogP contribution in [0.4, 0.5) is 0 Å². The normalized spacial score (nSPS) is 29.5. The van der Waals surface area contributed by atoms with Crippen LogP contribution in [-0.2, 0) is 0 Å². The minimum atomic E-state index is -0.129. The summed E-state index contributed by atoms with van der Waals surface area (Å²) in [6.45, 7) is 2.32. The van der Waals surface area contributed by atoms with Crippen molar-refractivity contribution in [3.63, 3.8) is 0 Å². The van der Waals surface area contributed by atoms with Gasteiger partial charge in [-0.2, -0.15) is 0 Å². The fourth-order valence-corrected chi connectivity index (χ4v) is 2.08. The van der Waals surface area contributed by atoms with Crippen molar-refractivity contribution in [2.24, 2.45) is 5.92 Å². The minimum Gasteiger partial charge on any atom is -0.395 e. The summed E-state index contributed by atoms with van der Waals surface area (Å²) in [6.07, 6.45) is 4.95. The Morgan fingerprint density at radius 3 is 2.54 bits per heavy atom. The Bertz CT molecular complexity index is 137. The molecule has 0 heterocycles. The van der Waals surface area contributed by atoms with Gasteiger partial charge in [-0.1, -0.05) is 19.8 Å². The first-order valence-electron chi connectivity index (χ1n) is 5.24. The van der Waals surface area contributed by atoms with E-state index < -0.39 is 0 Å². The molecule has 0 amide bonds. The Morgan fingerprint density at radius 2 is 2.00 bits per heavy atom. The molecular weight excluding hydrogens is 166 g/mol. The summed E-state index contributed by atoms with van der Waals surface area (Å²) in [5, 5.41) is 21.1. The topological polar surface area (TPSA) is 52.5 Å². The number of aliphatic hydroxyl groups is 2. The number of hydrogen-bond donors (Lipinski definition) is 3. The van der Waals surface area contributed by atoms with Crippen molar-refractivity contribution in [1.29, 1.82) is 0 Å². The summed E-state index contributed by atoms with van der Waals surface area (Å²) in [4.78, 5) is 0. The molecule has 1 fully saturated rings. The largest absolute Gasteiger partial charge is 0.395 e. The number of hydrogen-bond acceptors (Lipinski definition) is 3. The van der Waals surface area contributed by atoms with E-state index in [1.165, 1.54) is 25.7 Å². The predicted octanol–water partition coefficient (Wildman–Crippen LogP) is 0.508. The first kappa shape index (κ1) is 11.0. The Hall–Kier alpha value is -0.120. The Balaban J connectivity index is 2.26. The third-order valence-corrected chi connectivity index (χ3v) is 2.85. The summed E-state index contributed by atoms with van der Waals surface area (Å²) in [7, 11) is 0. The van der Waals surface area contributed by atoms with E-state index in [0.717, 1.165) is 5.92 Å². The molecule has 0 radical (unpaired) electrons. The van der Waals surface area contributed by atoms with E-state index >= 15 is 0 Å². The van der Waals surface area contributed by atoms with Gasteiger partial charge in [0.05, 0.1) is 19.3 Å². The van der Waals surface area contributed by atoms with Gasteiger partial charge >= 0.3 is 0 Å². The summed E-state index contributed by atoms with van der Waals surface area (Å²) in [5.41, 5.74) is 0. The van der Waals surface area contributed by atoms with Gasteiger partial charge in [-0.05, 0) is 18.8 Å². The zero-order valence-corrected chi connectivity index (χ0v) is 8.37. The van der Waals surface area contributed by atoms with Crippen molar-refractivity contribution >= 4 is 0 Å². The smallest absolute Gasteiger partial charge is 0.0607 e. The van der Waals surface area contributed by atoms with Gasteiger partial charge in [0.1, 0.15) is 0 Å². The number of rotatable bonds is 4. The van der Waals surface area contributed by atoms with Crippen LogP contribution in [0, 0.1) is 5.92 Å². The molecule has 1 saturated carbocycles. The van der Waals surface area contributed by atoms with Crippen LogP contribution >= 0.6 is 0 Å². The zero-order valence-electron chi connectivity index (χ0n) is 8.37. The average Bonchev–Trinajstić information content (AvgIpc) is 2.14. The van der Waals surface area contributed by atoms with Gasteiger partial charge in [-0.3, -0.25) is 0 Å². The minimum absolute atomic E-state index is 0.0291. The molecule has 2 atom stereocenters. The summed E-state index contributed by atoms with van der Waals surface area (Å²) in [6, 6.07) is 0.364. The standard InChI is InChI=1S/C10H21NO2/c1-8-3-2-4-9(5-8)11-10(6-12)7-13/h8-13H,2-7H2,1H3/t8-,9-/m1/s1. The van der Waals surface area contributed by atoms with Crippen molar-refractivity contribution in [1.82, 2.24) is 5.32 Å². The van der Waals surface area contributed by atoms with E-state index in [1.54, 1.807) is 0 Å². The van der Waals surface area contributed by atoms with Gasteiger partial charge in [-0.15, -0.1) is 0 Å². The Kier molecular flexibility index (Phi) is 4.70. The van der Waals surface area contributed by atoms with Crippen molar-refractivity contribution in [3.05, 3.63) is 0 Å². The molecule has 3 heteroatoms. The van der Waals surface area contributed by atoms with Crippen LogP contribution in [0.2, 0.25) is 0 Å². The second-order valence-electron chi connectivity index (χ2n) is 4.20. The number of nitrogens with one attached hydrogen (secondary N) is 1. The van der Waals surface area contributed by atoms with E-state index in [-0.39, 0.29) is 19.3 Å². The highest BCUT2D eigenvalue weighted by atomic mass is 16.3. The van der Waals surface area contributed by atoms with E-state index in [0.29, 0.717) is 6.04 Å². The van der Waals surface area contributed by atoms with Crippen LogP contribution in [0.15, 0.2) is 0 Å². The Morgan fingerprint density at radius 1 is 1.31 bits per heavy atom. The third kappa shape index (κ3) is 3.63. The molecule has 1 rings (SSSR count). The molecule has 0 spiro atoms. The molecule has 13 heavy (non-hydrogen) atoms. The maximum absolute atomic E-state index is 8.90. The Labute approximate surface area is 80.2 Å². The molecule has 1 aliphatic carbocycles. The van der Waals surface area contributed by atoms with Gasteiger partial charge in [0.15, 0.2) is 0 Å². The van der Waals surface area contributed by atoms with Gasteiger partial charge in [0, 0.05) is 6.04 Å². The lowest BCUT2D eigenvalue weighted by molar-refractivity contribution is 0.149. The van der Waals surface area contributed by atoms with E-state index in [2.05, 4.69) is 12.2 Å². The van der Waals surface area contributed by atoms with Crippen molar-refractivity contribution in [3.8, 4) is 0 Å². The number of aliphatic hydroxyl groups excluding tert-OH is 2. The third-order valence-electron chi connectivity index (χ3n) is 2.85. The first-order valence-corrected chi connectivity index (χ1v) is 5.24. The lowest BCUT2D eigenvalue weighted by Gasteiger charge is -2.30. The highest BCUT2D eigenvalue weighted by Crippen LogP contribution is 2.23. The lowest BCUT2D eigenvalue weighted by atomic mass is 9.87. The van der Waals surface area contributed by atoms with Gasteiger partial charge < -0.3 is 15.5 Å². The second-order valence-corrected chi connectivity index (χ2v) is 4.20. The van der Waals surface area contributed by atoms with Crippen LogP contribution < -0.4 is 5.32 Å². The first-order chi connectivity index (χ1) is 6.26. The molecular formula is C10H21NO2. The monoisotopic (exact) mass is 187 g/mol. The van der Waals surface area contributed by atoms with Crippen LogP contribution in [0.5, 0.6) is 0 Å². The van der Waals surface area contributed by atoms with E-state index in [9.17, 15) is 0 Å². The molecule has 0 aromatic rings. The van der Waals surface area contributed by atoms with Gasteiger partial charge in [0.25, 0.3) is 0 Å². The van der Waals surface area contributed by atoms with Crippen LogP contribution in [0.25, 0.3) is 0 Å². The van der Waals surface area contributed by atoms with Crippen molar-refractivity contribution < 1.29 is 10.2 Å². The molecule has 3 nitrogen and oxygen atoms in total. The van der Waals surface area contributed by atoms with Crippen molar-refractivity contribution in [2.45, 2.75) is 44.7 Å². The summed E-state index contributed by atoms with van der Waals surface area (Å²) < 4.78 is 0. The molecule has 0 aromatic heterocycles. The fraction of sp³-hybridized carbons (Fsp3) is 1.00. The quantitative estimate of drug-likeness (QED) is 0.601. The SMILES string of the molecule is C[C@@H]1CCC[C@@H](NC(CO)CO)C1. The van der Waals surface area contributed by atoms with Crippen molar-refractivity contribution in [2.75, 3.05) is 13.2 Å². The molecule has 1 aliphatic rings. The molecule has 0 unspecified atom stereocenters. The predicted molar refractivity (Wildman–Crippen MR) is 52.5 cm³/mol. The lowest BCUT2D eigenvalue weighted by Crippen LogP contribution is -2.44. The van der Waals surface area contributed by atoms with Crippen LogP contribution in [-0.4, -0.2) is 35.5 Å². The zero-order chi connectivity index (χ0) is 9.68. The van der Waals surface area contributed by atoms with Crippen LogP contribution in [0.1, 0.15) is 32.6 Å². The van der Waals surface area contributed by atoms with Gasteiger partial charge in [-0.25, -0.2) is 0 Å². The van der Waals surface area contributed by atoms with Gasteiger partial charge in [0.2, 0.25) is 0 Å². The average molecular weight is 187 g/mol. The molecule has 78 valence electrons. The summed E-state index contributed by atoms with van der Waals surface area (Å²) in [5.74, 6) is 0.782. The molecule has 3 N–H and O–H groups in total. The molecule has 0 bridgehead atoms.